The van der Waals surface area contributed by atoms with Gasteiger partial charge in [0.2, 0.25) is 0 Å². The van der Waals surface area contributed by atoms with Crippen LogP contribution in [0.4, 0.5) is 4.39 Å². The average Bonchev–Trinajstić information content (AvgIpc) is 2.82. The zero-order valence-electron chi connectivity index (χ0n) is 9.27. The van der Waals surface area contributed by atoms with Crippen molar-refractivity contribution < 1.29 is 18.3 Å². The van der Waals surface area contributed by atoms with Crippen LogP contribution in [0.3, 0.4) is 0 Å². The lowest BCUT2D eigenvalue weighted by Crippen LogP contribution is -2.02. The van der Waals surface area contributed by atoms with Crippen molar-refractivity contribution in [2.75, 3.05) is 7.11 Å². The summed E-state index contributed by atoms with van der Waals surface area (Å²) in [5, 5.41) is 0. The van der Waals surface area contributed by atoms with Crippen LogP contribution in [0.25, 0.3) is 0 Å². The number of ether oxygens (including phenoxy) is 1. The lowest BCUT2D eigenvalue weighted by atomic mass is 10.1. The van der Waals surface area contributed by atoms with Gasteiger partial charge in [0.05, 0.1) is 18.9 Å². The summed E-state index contributed by atoms with van der Waals surface area (Å²) in [5.74, 6) is -0.405. The number of ketones is 1. The molecule has 0 radical (unpaired) electrons. The van der Waals surface area contributed by atoms with Crippen LogP contribution in [0, 0.1) is 5.82 Å². The summed E-state index contributed by atoms with van der Waals surface area (Å²) in [7, 11) is 1.40. The van der Waals surface area contributed by atoms with Gasteiger partial charge in [0.1, 0.15) is 6.26 Å². The fourth-order valence-corrected chi connectivity index (χ4v) is 1.53. The number of rotatable bonds is 4. The van der Waals surface area contributed by atoms with Crippen LogP contribution in [-0.2, 0) is 6.42 Å². The third kappa shape index (κ3) is 2.53. The minimum absolute atomic E-state index is 0.108. The van der Waals surface area contributed by atoms with E-state index in [2.05, 4.69) is 0 Å². The number of hydrogen-bond donors (Lipinski definition) is 0. The summed E-state index contributed by atoms with van der Waals surface area (Å²) >= 11 is 0. The van der Waals surface area contributed by atoms with Gasteiger partial charge in [-0.1, -0.05) is 6.07 Å². The van der Waals surface area contributed by atoms with Gasteiger partial charge in [0.15, 0.2) is 17.3 Å². The van der Waals surface area contributed by atoms with Gasteiger partial charge in [-0.2, -0.15) is 0 Å². The monoisotopic (exact) mass is 234 g/mol. The molecule has 17 heavy (non-hydrogen) atoms. The molecule has 0 fully saturated rings. The van der Waals surface area contributed by atoms with E-state index in [1.807, 2.05) is 0 Å². The van der Waals surface area contributed by atoms with Gasteiger partial charge in [0.25, 0.3) is 0 Å². The highest BCUT2D eigenvalue weighted by molar-refractivity contribution is 5.97. The molecule has 0 aliphatic carbocycles. The van der Waals surface area contributed by atoms with E-state index < -0.39 is 5.82 Å². The number of benzene rings is 1. The zero-order chi connectivity index (χ0) is 12.3. The molecule has 0 aliphatic rings. The lowest BCUT2D eigenvalue weighted by molar-refractivity contribution is 0.0992. The van der Waals surface area contributed by atoms with Crippen LogP contribution in [0.1, 0.15) is 15.9 Å². The third-order valence-corrected chi connectivity index (χ3v) is 2.42. The van der Waals surface area contributed by atoms with Gasteiger partial charge in [-0.15, -0.1) is 0 Å². The van der Waals surface area contributed by atoms with Crippen molar-refractivity contribution in [1.82, 2.24) is 0 Å². The molecule has 0 saturated carbocycles. The molecular weight excluding hydrogens is 223 g/mol. The summed E-state index contributed by atoms with van der Waals surface area (Å²) in [5.41, 5.74) is 1.09. The summed E-state index contributed by atoms with van der Waals surface area (Å²) in [6, 6.07) is 6.06. The van der Waals surface area contributed by atoms with Gasteiger partial charge < -0.3 is 9.15 Å². The summed E-state index contributed by atoms with van der Waals surface area (Å²) < 4.78 is 23.0. The predicted molar refractivity (Wildman–Crippen MR) is 59.7 cm³/mol. The molecule has 0 spiro atoms. The molecule has 0 amide bonds. The molecule has 3 nitrogen and oxygen atoms in total. The largest absolute Gasteiger partial charge is 0.494 e. The number of Topliss-reactive ketones (excluding diaryl/α,β-unsaturated/α-hetero) is 1. The Balaban J connectivity index is 2.14. The van der Waals surface area contributed by atoms with Crippen molar-refractivity contribution in [3.05, 3.63) is 53.7 Å². The summed E-state index contributed by atoms with van der Waals surface area (Å²) in [6.07, 6.45) is 2.95. The Morgan fingerprint density at radius 2 is 2.24 bits per heavy atom. The minimum atomic E-state index is -0.468. The van der Waals surface area contributed by atoms with Crippen molar-refractivity contribution in [3.8, 4) is 5.75 Å². The molecule has 1 aromatic carbocycles. The number of methoxy groups -OCH3 is 1. The van der Waals surface area contributed by atoms with Crippen molar-refractivity contribution in [1.29, 1.82) is 0 Å². The smallest absolute Gasteiger partial charge is 0.170 e. The minimum Gasteiger partial charge on any atom is -0.494 e. The van der Waals surface area contributed by atoms with Crippen LogP contribution in [0.2, 0.25) is 0 Å². The van der Waals surface area contributed by atoms with Crippen LogP contribution in [-0.4, -0.2) is 12.9 Å². The Morgan fingerprint density at radius 1 is 1.41 bits per heavy atom. The first-order valence-corrected chi connectivity index (χ1v) is 5.08. The Hall–Kier alpha value is -2.10. The molecule has 0 aliphatic heterocycles. The number of carbonyl (C=O) groups excluding carboxylic acids is 1. The highest BCUT2D eigenvalue weighted by atomic mass is 19.1. The van der Waals surface area contributed by atoms with Gasteiger partial charge in [-0.25, -0.2) is 4.39 Å². The zero-order valence-corrected chi connectivity index (χ0v) is 9.27. The maximum absolute atomic E-state index is 13.4. The van der Waals surface area contributed by atoms with E-state index in [9.17, 15) is 9.18 Å². The van der Waals surface area contributed by atoms with Gasteiger partial charge in [-0.05, 0) is 23.8 Å². The van der Waals surface area contributed by atoms with Crippen LogP contribution >= 0.6 is 0 Å². The maximum Gasteiger partial charge on any atom is 0.170 e. The van der Waals surface area contributed by atoms with Gasteiger partial charge >= 0.3 is 0 Å². The molecule has 1 aromatic heterocycles. The fourth-order valence-electron chi connectivity index (χ4n) is 1.53. The fraction of sp³-hybridized carbons (Fsp3) is 0.154. The molecule has 0 atom stereocenters. The lowest BCUT2D eigenvalue weighted by Gasteiger charge is -2.04. The van der Waals surface area contributed by atoms with E-state index in [4.69, 9.17) is 9.15 Å². The molecule has 1 heterocycles. The van der Waals surface area contributed by atoms with Crippen molar-refractivity contribution in [2.45, 2.75) is 6.42 Å². The second-order valence-corrected chi connectivity index (χ2v) is 3.58. The predicted octanol–water partition coefficient (Wildman–Crippen LogP) is 2.85. The molecule has 2 rings (SSSR count). The summed E-state index contributed by atoms with van der Waals surface area (Å²) in [4.78, 5) is 11.7. The van der Waals surface area contributed by atoms with E-state index in [1.54, 1.807) is 12.1 Å². The normalized spacial score (nSPS) is 10.2. The Morgan fingerprint density at radius 3 is 2.82 bits per heavy atom. The molecule has 0 bridgehead atoms. The van der Waals surface area contributed by atoms with Gasteiger partial charge in [-0.3, -0.25) is 4.79 Å². The van der Waals surface area contributed by atoms with Crippen molar-refractivity contribution in [2.24, 2.45) is 0 Å². The van der Waals surface area contributed by atoms with Crippen LogP contribution in [0.5, 0.6) is 5.75 Å². The Kier molecular flexibility index (Phi) is 3.23. The van der Waals surface area contributed by atoms with Crippen molar-refractivity contribution >= 4 is 5.78 Å². The Labute approximate surface area is 97.8 Å². The number of furan rings is 1. The topological polar surface area (TPSA) is 39.4 Å². The molecule has 0 unspecified atom stereocenters. The van der Waals surface area contributed by atoms with E-state index in [0.717, 1.165) is 0 Å². The first-order valence-electron chi connectivity index (χ1n) is 5.08. The van der Waals surface area contributed by atoms with Crippen LogP contribution < -0.4 is 4.74 Å². The van der Waals surface area contributed by atoms with E-state index in [-0.39, 0.29) is 18.0 Å². The quantitative estimate of drug-likeness (QED) is 0.763. The SMILES string of the molecule is COc1ccc(CC(=O)c2ccoc2)cc1F. The first kappa shape index (κ1) is 11.4. The molecule has 4 heteroatoms. The molecule has 88 valence electrons. The molecule has 0 N–H and O–H groups in total. The highest BCUT2D eigenvalue weighted by Crippen LogP contribution is 2.18. The van der Waals surface area contributed by atoms with E-state index in [0.29, 0.717) is 11.1 Å². The Bertz CT molecular complexity index is 517. The average molecular weight is 234 g/mol. The summed E-state index contributed by atoms with van der Waals surface area (Å²) in [6.45, 7) is 0. The number of hydrogen-bond acceptors (Lipinski definition) is 3. The van der Waals surface area contributed by atoms with E-state index >= 15 is 0 Å². The molecular formula is C13H11FO3. The molecule has 0 saturated heterocycles. The second kappa shape index (κ2) is 4.82. The standard InChI is InChI=1S/C13H11FO3/c1-16-13-3-2-9(6-11(13)14)7-12(15)10-4-5-17-8-10/h2-6,8H,7H2,1H3. The molecule has 2 aromatic rings. The van der Waals surface area contributed by atoms with Gasteiger partial charge in [0, 0.05) is 6.42 Å². The maximum atomic E-state index is 13.4. The first-order chi connectivity index (χ1) is 8.20. The van der Waals surface area contributed by atoms with E-state index in [1.165, 1.54) is 31.8 Å². The van der Waals surface area contributed by atoms with Crippen molar-refractivity contribution in [3.63, 3.8) is 0 Å². The number of halogens is 1. The number of carbonyl (C=O) groups is 1. The van der Waals surface area contributed by atoms with Crippen LogP contribution in [0.15, 0.2) is 41.2 Å². The highest BCUT2D eigenvalue weighted by Gasteiger charge is 2.10. The second-order valence-electron chi connectivity index (χ2n) is 3.58. The third-order valence-electron chi connectivity index (χ3n) is 2.42.